The summed E-state index contributed by atoms with van der Waals surface area (Å²) in [7, 11) is 0. The Hall–Kier alpha value is -2.66. The van der Waals surface area contributed by atoms with Crippen LogP contribution in [0.5, 0.6) is 0 Å². The molecule has 1 saturated heterocycles. The van der Waals surface area contributed by atoms with Crippen LogP contribution in [0.2, 0.25) is 5.02 Å². The normalized spacial score (nSPS) is 15.7. The number of ketones is 1. The zero-order valence-corrected chi connectivity index (χ0v) is 16.5. The number of nitrogens with one attached hydrogen (secondary N) is 1. The third-order valence-corrected chi connectivity index (χ3v) is 5.40. The summed E-state index contributed by atoms with van der Waals surface area (Å²) in [6, 6.07) is 15.3. The molecular formula is C22H23ClN2O3. The first-order valence-corrected chi connectivity index (χ1v) is 9.78. The van der Waals surface area contributed by atoms with Crippen molar-refractivity contribution >= 4 is 29.2 Å². The number of benzene rings is 2. The van der Waals surface area contributed by atoms with E-state index in [0.717, 1.165) is 0 Å². The van der Waals surface area contributed by atoms with E-state index in [1.54, 1.807) is 36.1 Å². The van der Waals surface area contributed by atoms with E-state index in [4.69, 9.17) is 11.6 Å². The molecule has 146 valence electrons. The smallest absolute Gasteiger partial charge is 0.253 e. The molecule has 1 atom stereocenters. The van der Waals surface area contributed by atoms with Gasteiger partial charge in [-0.25, -0.2) is 0 Å². The molecule has 2 aromatic carbocycles. The summed E-state index contributed by atoms with van der Waals surface area (Å²) in [5.74, 6) is -0.459. The highest BCUT2D eigenvalue weighted by molar-refractivity contribution is 6.33. The second kappa shape index (κ2) is 9.02. The number of amides is 2. The highest BCUT2D eigenvalue weighted by Crippen LogP contribution is 2.22. The van der Waals surface area contributed by atoms with Crippen molar-refractivity contribution in [2.24, 2.45) is 5.92 Å². The van der Waals surface area contributed by atoms with Gasteiger partial charge in [0.15, 0.2) is 5.78 Å². The van der Waals surface area contributed by atoms with Crippen molar-refractivity contribution in [3.8, 4) is 0 Å². The molecule has 2 aromatic rings. The van der Waals surface area contributed by atoms with Crippen molar-refractivity contribution in [2.75, 3.05) is 13.1 Å². The fourth-order valence-corrected chi connectivity index (χ4v) is 3.68. The first-order chi connectivity index (χ1) is 13.5. The molecule has 0 saturated carbocycles. The van der Waals surface area contributed by atoms with E-state index in [-0.39, 0.29) is 23.5 Å². The van der Waals surface area contributed by atoms with Crippen molar-refractivity contribution in [2.45, 2.75) is 25.8 Å². The van der Waals surface area contributed by atoms with E-state index in [0.29, 0.717) is 42.1 Å². The maximum atomic E-state index is 12.7. The molecule has 1 heterocycles. The van der Waals surface area contributed by atoms with E-state index >= 15 is 0 Å². The number of hydrogen-bond acceptors (Lipinski definition) is 3. The number of nitrogens with zero attached hydrogens (tertiary/aromatic N) is 1. The molecule has 5 nitrogen and oxygen atoms in total. The molecule has 2 amide bonds. The van der Waals surface area contributed by atoms with Gasteiger partial charge in [0, 0.05) is 24.6 Å². The van der Waals surface area contributed by atoms with Gasteiger partial charge in [0.1, 0.15) is 6.04 Å². The molecule has 28 heavy (non-hydrogen) atoms. The van der Waals surface area contributed by atoms with Gasteiger partial charge in [0.05, 0.1) is 10.6 Å². The lowest BCUT2D eigenvalue weighted by Crippen LogP contribution is -2.49. The summed E-state index contributed by atoms with van der Waals surface area (Å²) in [5, 5.41) is 3.06. The Kier molecular flexibility index (Phi) is 6.47. The van der Waals surface area contributed by atoms with Gasteiger partial charge >= 0.3 is 0 Å². The Labute approximate surface area is 169 Å². The Bertz CT molecular complexity index is 861. The highest BCUT2D eigenvalue weighted by atomic mass is 35.5. The van der Waals surface area contributed by atoms with E-state index in [1.165, 1.54) is 0 Å². The zero-order valence-electron chi connectivity index (χ0n) is 15.7. The van der Waals surface area contributed by atoms with Crippen LogP contribution in [0.25, 0.3) is 0 Å². The molecule has 3 rings (SSSR count). The predicted octanol–water partition coefficient (Wildman–Crippen LogP) is 3.58. The third kappa shape index (κ3) is 4.60. The molecular weight excluding hydrogens is 376 g/mol. The molecule has 0 radical (unpaired) electrons. The van der Waals surface area contributed by atoms with Crippen LogP contribution in [0.15, 0.2) is 54.6 Å². The van der Waals surface area contributed by atoms with Gasteiger partial charge in [0.25, 0.3) is 5.91 Å². The summed E-state index contributed by atoms with van der Waals surface area (Å²) in [6.07, 6.45) is 1.26. The summed E-state index contributed by atoms with van der Waals surface area (Å²) in [6.45, 7) is 2.68. The first-order valence-electron chi connectivity index (χ1n) is 9.41. The lowest BCUT2D eigenvalue weighted by molar-refractivity contribution is -0.134. The van der Waals surface area contributed by atoms with Crippen LogP contribution in [0, 0.1) is 5.92 Å². The van der Waals surface area contributed by atoms with Crippen LogP contribution < -0.4 is 5.32 Å². The van der Waals surface area contributed by atoms with Crippen LogP contribution in [-0.4, -0.2) is 41.6 Å². The number of rotatable bonds is 5. The molecule has 6 heteroatoms. The molecule has 1 fully saturated rings. The topological polar surface area (TPSA) is 66.5 Å². The van der Waals surface area contributed by atoms with Crippen LogP contribution in [-0.2, 0) is 4.79 Å². The van der Waals surface area contributed by atoms with Crippen molar-refractivity contribution in [1.82, 2.24) is 10.2 Å². The fraction of sp³-hybridized carbons (Fsp3) is 0.318. The van der Waals surface area contributed by atoms with E-state index in [2.05, 4.69) is 5.32 Å². The number of Topliss-reactive ketones (excluding diaryl/α,β-unsaturated/α-hetero) is 1. The largest absolute Gasteiger partial charge is 0.341 e. The molecule has 0 aromatic heterocycles. The van der Waals surface area contributed by atoms with Crippen LogP contribution in [0.1, 0.15) is 40.5 Å². The predicted molar refractivity (Wildman–Crippen MR) is 108 cm³/mol. The second-order valence-electron chi connectivity index (χ2n) is 7.00. The van der Waals surface area contributed by atoms with Crippen LogP contribution >= 0.6 is 11.6 Å². The van der Waals surface area contributed by atoms with Gasteiger partial charge in [0.2, 0.25) is 5.91 Å². The fourth-order valence-electron chi connectivity index (χ4n) is 3.46. The van der Waals surface area contributed by atoms with Gasteiger partial charge < -0.3 is 10.2 Å². The number of hydrogen-bond donors (Lipinski definition) is 1. The van der Waals surface area contributed by atoms with Gasteiger partial charge in [-0.05, 0) is 31.9 Å². The van der Waals surface area contributed by atoms with Gasteiger partial charge in [-0.1, -0.05) is 54.1 Å². The minimum atomic E-state index is -0.662. The summed E-state index contributed by atoms with van der Waals surface area (Å²) >= 11 is 6.04. The lowest BCUT2D eigenvalue weighted by Gasteiger charge is -2.33. The summed E-state index contributed by atoms with van der Waals surface area (Å²) < 4.78 is 0. The number of piperidine rings is 1. The average molecular weight is 399 g/mol. The minimum absolute atomic E-state index is 0.0699. The van der Waals surface area contributed by atoms with E-state index in [1.807, 2.05) is 30.3 Å². The molecule has 0 spiro atoms. The molecule has 0 aliphatic carbocycles. The van der Waals surface area contributed by atoms with Crippen LogP contribution in [0.3, 0.4) is 0 Å². The number of likely N-dealkylation sites (tertiary alicyclic amines) is 1. The second-order valence-corrected chi connectivity index (χ2v) is 7.41. The van der Waals surface area contributed by atoms with Crippen molar-refractivity contribution in [3.63, 3.8) is 0 Å². The Morgan fingerprint density at radius 3 is 2.25 bits per heavy atom. The zero-order chi connectivity index (χ0) is 20.1. The number of halogens is 1. The third-order valence-electron chi connectivity index (χ3n) is 5.07. The molecule has 1 aliphatic heterocycles. The SMILES string of the molecule is C[C@@H](NC(=O)c1ccccc1Cl)C(=O)N1CCC(C(=O)c2ccccc2)CC1. The highest BCUT2D eigenvalue weighted by Gasteiger charge is 2.30. The lowest BCUT2D eigenvalue weighted by atomic mass is 9.88. The molecule has 1 N–H and O–H groups in total. The van der Waals surface area contributed by atoms with Gasteiger partial charge in [-0.2, -0.15) is 0 Å². The summed E-state index contributed by atoms with van der Waals surface area (Å²) in [4.78, 5) is 39.3. The molecule has 0 bridgehead atoms. The monoisotopic (exact) mass is 398 g/mol. The van der Waals surface area contributed by atoms with E-state index in [9.17, 15) is 14.4 Å². The van der Waals surface area contributed by atoms with Gasteiger partial charge in [-0.3, -0.25) is 14.4 Å². The van der Waals surface area contributed by atoms with Gasteiger partial charge in [-0.15, -0.1) is 0 Å². The number of carbonyl (C=O) groups excluding carboxylic acids is 3. The Balaban J connectivity index is 1.54. The maximum Gasteiger partial charge on any atom is 0.253 e. The van der Waals surface area contributed by atoms with Crippen LogP contribution in [0.4, 0.5) is 0 Å². The molecule has 0 unspecified atom stereocenters. The van der Waals surface area contributed by atoms with Crippen molar-refractivity contribution in [3.05, 3.63) is 70.7 Å². The average Bonchev–Trinajstić information content (AvgIpc) is 2.73. The van der Waals surface area contributed by atoms with Crippen molar-refractivity contribution in [1.29, 1.82) is 0 Å². The first kappa shape index (κ1) is 20.1. The standard InChI is InChI=1S/C22H23ClN2O3/c1-15(24-21(27)18-9-5-6-10-19(18)23)22(28)25-13-11-17(12-14-25)20(26)16-7-3-2-4-8-16/h2-10,15,17H,11-14H2,1H3,(H,24,27)/t15-/m1/s1. The van der Waals surface area contributed by atoms with E-state index < -0.39 is 6.04 Å². The molecule has 1 aliphatic rings. The Morgan fingerprint density at radius 1 is 1.00 bits per heavy atom. The quantitative estimate of drug-likeness (QED) is 0.783. The number of carbonyl (C=O) groups is 3. The minimum Gasteiger partial charge on any atom is -0.341 e. The van der Waals surface area contributed by atoms with Crippen molar-refractivity contribution < 1.29 is 14.4 Å². The maximum absolute atomic E-state index is 12.7. The summed E-state index contributed by atoms with van der Waals surface area (Å²) in [5.41, 5.74) is 1.06. The Morgan fingerprint density at radius 2 is 1.61 bits per heavy atom.